The number of rotatable bonds is 9. The first-order valence-electron chi connectivity index (χ1n) is 16.1. The number of aliphatic hydroxyl groups is 1. The summed E-state index contributed by atoms with van der Waals surface area (Å²) in [6.07, 6.45) is 7.17. The number of aromatic nitrogens is 1. The quantitative estimate of drug-likeness (QED) is 0.225. The molecule has 2 aliphatic rings. The number of likely N-dealkylation sites (tertiary alicyclic amines) is 1. The van der Waals surface area contributed by atoms with E-state index in [0.29, 0.717) is 5.52 Å². The Morgan fingerprint density at radius 1 is 0.844 bits per heavy atom. The molecule has 2 N–H and O–H groups in total. The summed E-state index contributed by atoms with van der Waals surface area (Å²) in [6.45, 7) is 5.39. The first-order valence-corrected chi connectivity index (χ1v) is 17.5. The van der Waals surface area contributed by atoms with Crippen LogP contribution in [-0.4, -0.2) is 49.1 Å². The van der Waals surface area contributed by atoms with Gasteiger partial charge in [0.2, 0.25) is 10.0 Å². The van der Waals surface area contributed by atoms with Crippen LogP contribution in [0.3, 0.4) is 0 Å². The fourth-order valence-electron chi connectivity index (χ4n) is 6.42. The van der Waals surface area contributed by atoms with Gasteiger partial charge in [-0.1, -0.05) is 92.9 Å². The van der Waals surface area contributed by atoms with Gasteiger partial charge in [0, 0.05) is 36.2 Å². The number of hydrogen-bond donors (Lipinski definition) is 2. The number of aliphatic hydroxyl groups excluding tert-OH is 1. The number of benzene rings is 3. The van der Waals surface area contributed by atoms with Gasteiger partial charge in [0.1, 0.15) is 4.90 Å². The van der Waals surface area contributed by atoms with Gasteiger partial charge in [-0.05, 0) is 54.8 Å². The molecule has 45 heavy (non-hydrogen) atoms. The Balaban J connectivity index is 1.18. The molecule has 4 unspecified atom stereocenters. The number of hydrogen-bond acceptors (Lipinski definition) is 7. The summed E-state index contributed by atoms with van der Waals surface area (Å²) < 4.78 is 42.5. The van der Waals surface area contributed by atoms with Crippen LogP contribution in [0, 0.1) is 5.92 Å². The zero-order valence-corrected chi connectivity index (χ0v) is 26.7. The molecule has 6 rings (SSSR count). The maximum atomic E-state index is 13.2. The van der Waals surface area contributed by atoms with Crippen LogP contribution >= 0.6 is 0 Å². The lowest BCUT2D eigenvalue weighted by atomic mass is 9.89. The molecular formula is C36H43N3O5S. The second-order valence-corrected chi connectivity index (χ2v) is 14.0. The molecule has 4 atom stereocenters. The predicted octanol–water partition coefficient (Wildman–Crippen LogP) is 6.26. The van der Waals surface area contributed by atoms with Crippen molar-refractivity contribution in [2.75, 3.05) is 19.6 Å². The van der Waals surface area contributed by atoms with E-state index in [9.17, 15) is 13.5 Å². The van der Waals surface area contributed by atoms with Crippen LogP contribution in [0.4, 0.5) is 0 Å². The van der Waals surface area contributed by atoms with Gasteiger partial charge in [0.25, 0.3) is 0 Å². The first kappa shape index (κ1) is 31.8. The Bertz CT molecular complexity index is 1650. The highest BCUT2D eigenvalue weighted by molar-refractivity contribution is 7.89. The molecule has 2 aliphatic heterocycles. The summed E-state index contributed by atoms with van der Waals surface area (Å²) in [5.74, 6) is 0.129. The van der Waals surface area contributed by atoms with Crippen LogP contribution in [0.1, 0.15) is 73.7 Å². The number of pyridine rings is 1. The Morgan fingerprint density at radius 2 is 1.51 bits per heavy atom. The maximum Gasteiger partial charge on any atom is 0.243 e. The first-order chi connectivity index (χ1) is 21.9. The second kappa shape index (κ2) is 14.5. The van der Waals surface area contributed by atoms with Crippen molar-refractivity contribution < 1.29 is 23.0 Å². The van der Waals surface area contributed by atoms with E-state index in [2.05, 4.69) is 21.5 Å². The molecule has 9 heteroatoms. The molecule has 0 bridgehead atoms. The Kier molecular flexibility index (Phi) is 10.2. The molecule has 4 aromatic rings. The summed E-state index contributed by atoms with van der Waals surface area (Å²) in [4.78, 5) is 7.02. The van der Waals surface area contributed by atoms with Crippen LogP contribution in [-0.2, 0) is 32.6 Å². The topological polar surface area (TPSA) is 101 Å². The van der Waals surface area contributed by atoms with Crippen LogP contribution in [0.15, 0.2) is 90.0 Å². The van der Waals surface area contributed by atoms with Crippen molar-refractivity contribution in [1.29, 1.82) is 0 Å². The third kappa shape index (κ3) is 7.62. The standard InChI is InChI=1S/C36H43N3O5S/c1-26-32(24-39-21-5-3-2-4-6-22-39)43-36(44-35(26)30-16-14-28(25-40)15-17-30)31-18-12-27(13-19-31)23-38-45(41,42)33-11-7-9-29-10-8-20-37-34(29)33/h7-20,26,32,35-36,38,40H,2-6,21-25H2,1H3. The minimum absolute atomic E-state index is 0.00597. The summed E-state index contributed by atoms with van der Waals surface area (Å²) in [6, 6.07) is 24.6. The van der Waals surface area contributed by atoms with E-state index in [1.165, 1.54) is 32.1 Å². The molecule has 2 fully saturated rings. The van der Waals surface area contributed by atoms with Gasteiger partial charge in [-0.15, -0.1) is 0 Å². The molecule has 3 heterocycles. The van der Waals surface area contributed by atoms with Crippen molar-refractivity contribution >= 4 is 20.9 Å². The van der Waals surface area contributed by atoms with Crippen LogP contribution in [0.2, 0.25) is 0 Å². The molecule has 3 aromatic carbocycles. The molecule has 0 spiro atoms. The molecule has 1 aromatic heterocycles. The van der Waals surface area contributed by atoms with Gasteiger partial charge >= 0.3 is 0 Å². The van der Waals surface area contributed by atoms with Crippen molar-refractivity contribution in [2.24, 2.45) is 5.92 Å². The Morgan fingerprint density at radius 3 is 2.24 bits per heavy atom. The van der Waals surface area contributed by atoms with E-state index in [-0.39, 0.29) is 36.2 Å². The van der Waals surface area contributed by atoms with Crippen molar-refractivity contribution in [3.05, 3.63) is 107 Å². The summed E-state index contributed by atoms with van der Waals surface area (Å²) in [7, 11) is -3.77. The largest absolute Gasteiger partial charge is 0.392 e. The molecule has 2 saturated heterocycles. The summed E-state index contributed by atoms with van der Waals surface area (Å²) in [5.41, 5.74) is 4.11. The van der Waals surface area contributed by atoms with E-state index < -0.39 is 16.3 Å². The van der Waals surface area contributed by atoms with E-state index in [4.69, 9.17) is 9.47 Å². The molecule has 0 saturated carbocycles. The van der Waals surface area contributed by atoms with Crippen LogP contribution < -0.4 is 4.72 Å². The van der Waals surface area contributed by atoms with Crippen molar-refractivity contribution in [2.45, 2.75) is 75.6 Å². The average Bonchev–Trinajstić information content (AvgIpc) is 3.06. The summed E-state index contributed by atoms with van der Waals surface area (Å²) >= 11 is 0. The highest BCUT2D eigenvalue weighted by Crippen LogP contribution is 2.42. The zero-order chi connectivity index (χ0) is 31.2. The minimum atomic E-state index is -3.77. The molecule has 0 amide bonds. The van der Waals surface area contributed by atoms with E-state index in [0.717, 1.165) is 47.3 Å². The van der Waals surface area contributed by atoms with Crippen molar-refractivity contribution in [3.63, 3.8) is 0 Å². The maximum absolute atomic E-state index is 13.2. The van der Waals surface area contributed by atoms with Gasteiger partial charge in [0.15, 0.2) is 6.29 Å². The van der Waals surface area contributed by atoms with Crippen LogP contribution in [0.5, 0.6) is 0 Å². The number of nitrogens with zero attached hydrogens (tertiary/aromatic N) is 2. The average molecular weight is 630 g/mol. The Hall–Kier alpha value is -3.18. The zero-order valence-electron chi connectivity index (χ0n) is 25.8. The fourth-order valence-corrected chi connectivity index (χ4v) is 7.61. The van der Waals surface area contributed by atoms with Gasteiger partial charge in [-0.2, -0.15) is 0 Å². The molecule has 8 nitrogen and oxygen atoms in total. The van der Waals surface area contributed by atoms with E-state index in [1.807, 2.05) is 60.7 Å². The number of ether oxygens (including phenoxy) is 2. The van der Waals surface area contributed by atoms with Gasteiger partial charge in [0.05, 0.1) is 24.3 Å². The van der Waals surface area contributed by atoms with Gasteiger partial charge < -0.3 is 19.5 Å². The van der Waals surface area contributed by atoms with Crippen molar-refractivity contribution in [1.82, 2.24) is 14.6 Å². The lowest BCUT2D eigenvalue weighted by Crippen LogP contribution is -2.45. The van der Waals surface area contributed by atoms with Crippen LogP contribution in [0.25, 0.3) is 10.9 Å². The smallest absolute Gasteiger partial charge is 0.243 e. The number of nitrogens with one attached hydrogen (secondary N) is 1. The number of fused-ring (bicyclic) bond motifs is 1. The third-order valence-corrected chi connectivity index (χ3v) is 10.5. The fraction of sp³-hybridized carbons (Fsp3) is 0.417. The van der Waals surface area contributed by atoms with Gasteiger partial charge in [-0.25, -0.2) is 13.1 Å². The summed E-state index contributed by atoms with van der Waals surface area (Å²) in [5, 5.41) is 10.3. The third-order valence-electron chi connectivity index (χ3n) is 9.11. The predicted molar refractivity (Wildman–Crippen MR) is 175 cm³/mol. The number of para-hydroxylation sites is 1. The highest BCUT2D eigenvalue weighted by Gasteiger charge is 2.39. The second-order valence-electron chi connectivity index (χ2n) is 12.3. The monoisotopic (exact) mass is 629 g/mol. The lowest BCUT2D eigenvalue weighted by Gasteiger charge is -2.43. The van der Waals surface area contributed by atoms with Crippen molar-refractivity contribution in [3.8, 4) is 0 Å². The normalized spacial score (nSPS) is 23.4. The number of sulfonamides is 1. The molecule has 0 radical (unpaired) electrons. The van der Waals surface area contributed by atoms with Gasteiger partial charge in [-0.3, -0.25) is 4.98 Å². The molecule has 0 aliphatic carbocycles. The Labute approximate surface area is 266 Å². The minimum Gasteiger partial charge on any atom is -0.392 e. The highest BCUT2D eigenvalue weighted by atomic mass is 32.2. The lowest BCUT2D eigenvalue weighted by molar-refractivity contribution is -0.276. The molecular weight excluding hydrogens is 586 g/mol. The molecule has 238 valence electrons. The van der Waals surface area contributed by atoms with E-state index in [1.54, 1.807) is 24.4 Å². The van der Waals surface area contributed by atoms with E-state index >= 15 is 0 Å². The SMILES string of the molecule is CC1C(CN2CCCCCCC2)OC(c2ccc(CNS(=O)(=O)c3cccc4cccnc34)cc2)OC1c1ccc(CO)cc1.